The molecule has 7 aliphatic rings. The fraction of sp³-hybridized carbons (Fsp3) is 0.926. The highest BCUT2D eigenvalue weighted by molar-refractivity contribution is 5.96. The number of hydrogen-bond acceptors (Lipinski definition) is 6. The van der Waals surface area contributed by atoms with Crippen molar-refractivity contribution in [1.29, 1.82) is 0 Å². The van der Waals surface area contributed by atoms with Crippen LogP contribution in [-0.4, -0.2) is 39.5 Å². The summed E-state index contributed by atoms with van der Waals surface area (Å²) in [5, 5.41) is 22.3. The number of esters is 1. The molecular weight excluding hydrogens is 439 g/mol. The van der Waals surface area contributed by atoms with E-state index in [4.69, 9.17) is 4.74 Å². The quantitative estimate of drug-likeness (QED) is 0.438. The number of halogens is 1. The molecule has 13 unspecified atom stereocenters. The van der Waals surface area contributed by atoms with Crippen molar-refractivity contribution in [2.24, 2.45) is 58.2 Å². The average Bonchev–Trinajstić information content (AvgIpc) is 3.72. The summed E-state index contributed by atoms with van der Waals surface area (Å²) in [6.45, 7) is 8.52. The molecule has 6 nitrogen and oxygen atoms in total. The van der Waals surface area contributed by atoms with Crippen LogP contribution in [0, 0.1) is 58.2 Å². The Morgan fingerprint density at radius 2 is 1.71 bits per heavy atom. The largest absolute Gasteiger partial charge is 0.457 e. The molecule has 1 saturated heterocycles. The van der Waals surface area contributed by atoms with Gasteiger partial charge in [0, 0.05) is 28.7 Å². The Labute approximate surface area is 200 Å². The van der Waals surface area contributed by atoms with Crippen LogP contribution < -0.4 is 0 Å². The van der Waals surface area contributed by atoms with Gasteiger partial charge in [0.2, 0.25) is 0 Å². The van der Waals surface area contributed by atoms with Crippen molar-refractivity contribution < 1.29 is 34.0 Å². The van der Waals surface area contributed by atoms with Gasteiger partial charge < -0.3 is 14.9 Å². The summed E-state index contributed by atoms with van der Waals surface area (Å²) in [5.74, 6) is -0.169. The Balaban J connectivity index is 0.00000106. The molecule has 13 atom stereocenters. The molecule has 0 bridgehead atoms. The van der Waals surface area contributed by atoms with E-state index in [2.05, 4.69) is 18.8 Å². The molecule has 0 amide bonds. The van der Waals surface area contributed by atoms with Gasteiger partial charge in [-0.1, -0.05) is 27.7 Å². The third-order valence-corrected chi connectivity index (χ3v) is 12.2. The minimum absolute atomic E-state index is 0.192. The smallest absolute Gasteiger partial charge is 0.363 e. The topological polar surface area (TPSA) is 93.1 Å². The minimum Gasteiger partial charge on any atom is -0.457 e. The zero-order valence-corrected chi connectivity index (χ0v) is 20.8. The highest BCUT2D eigenvalue weighted by Gasteiger charge is 2.83. The summed E-state index contributed by atoms with van der Waals surface area (Å²) in [6.07, 6.45) is 5.82. The molecular formula is C27H39FO6. The van der Waals surface area contributed by atoms with Crippen LogP contribution in [0.1, 0.15) is 79.1 Å². The fourth-order valence-corrected chi connectivity index (χ4v) is 10.8. The normalized spacial score (nSPS) is 59.9. The van der Waals surface area contributed by atoms with Gasteiger partial charge in [0.25, 0.3) is 0 Å². The van der Waals surface area contributed by atoms with E-state index in [0.29, 0.717) is 36.0 Å². The van der Waals surface area contributed by atoms with Gasteiger partial charge in [0.15, 0.2) is 5.92 Å². The molecule has 34 heavy (non-hydrogen) atoms. The Morgan fingerprint density at radius 3 is 2.41 bits per heavy atom. The molecule has 6 aliphatic carbocycles. The number of hydrogen-bond donors (Lipinski definition) is 2. The fourth-order valence-electron chi connectivity index (χ4n) is 10.8. The lowest BCUT2D eigenvalue weighted by Gasteiger charge is -2.64. The lowest BCUT2D eigenvalue weighted by Crippen LogP contribution is -2.65. The first-order valence-electron chi connectivity index (χ1n) is 13.6. The first-order valence-corrected chi connectivity index (χ1v) is 13.6. The summed E-state index contributed by atoms with van der Waals surface area (Å²) in [5.41, 5.74) is -1.89. The standard InChI is InChI=1S/C25H33FO6.C2H6/c1-22-5-3-11(27)9-24(22,30)16-7-12(16)18-15(22)4-6-23(2)19(18)13-8-17(13)25(23)10-14(20(28)31-25)21(29)32-26;1-2/h11-19,27,30H,3-10H2,1-2H3;1-2H3. The van der Waals surface area contributed by atoms with Crippen molar-refractivity contribution in [3.8, 4) is 0 Å². The summed E-state index contributed by atoms with van der Waals surface area (Å²) in [4.78, 5) is 28.0. The third kappa shape index (κ3) is 2.44. The number of aliphatic hydroxyl groups is 2. The molecule has 1 spiro atoms. The number of aliphatic hydroxyl groups excluding tert-OH is 1. The predicted octanol–water partition coefficient (Wildman–Crippen LogP) is 3.97. The number of fused-ring (bicyclic) bond motifs is 12. The molecule has 190 valence electrons. The van der Waals surface area contributed by atoms with Gasteiger partial charge in [-0.2, -0.15) is 0 Å². The van der Waals surface area contributed by atoms with Gasteiger partial charge in [-0.25, -0.2) is 4.79 Å². The number of rotatable bonds is 1. The lowest BCUT2D eigenvalue weighted by atomic mass is 9.42. The summed E-state index contributed by atoms with van der Waals surface area (Å²) >= 11 is 0. The van der Waals surface area contributed by atoms with Crippen molar-refractivity contribution in [3.63, 3.8) is 0 Å². The Morgan fingerprint density at radius 1 is 1.03 bits per heavy atom. The van der Waals surface area contributed by atoms with Crippen molar-refractivity contribution in [2.45, 2.75) is 96.4 Å². The van der Waals surface area contributed by atoms with Crippen molar-refractivity contribution >= 4 is 11.9 Å². The number of carbonyl (C=O) groups excluding carboxylic acids is 2. The SMILES string of the molecule is CC.CC12CCC(O)CC1(O)C1CC1C1C2CCC2(C)C1C1CC1C21CC(C(=O)OF)C(=O)O1. The first-order chi connectivity index (χ1) is 16.1. The Bertz CT molecular complexity index is 925. The molecule has 0 aromatic carbocycles. The van der Waals surface area contributed by atoms with E-state index >= 15 is 0 Å². The summed E-state index contributed by atoms with van der Waals surface area (Å²) in [6, 6.07) is 0. The van der Waals surface area contributed by atoms with E-state index in [-0.39, 0.29) is 29.1 Å². The van der Waals surface area contributed by atoms with Gasteiger partial charge in [-0.05, 0) is 79.4 Å². The third-order valence-electron chi connectivity index (χ3n) is 12.2. The lowest BCUT2D eigenvalue weighted by molar-refractivity contribution is -0.237. The molecule has 2 N–H and O–H groups in total. The van der Waals surface area contributed by atoms with Crippen LogP contribution in [0.25, 0.3) is 0 Å². The van der Waals surface area contributed by atoms with Gasteiger partial charge in [-0.15, -0.1) is 0 Å². The molecule has 1 heterocycles. The second-order valence-corrected chi connectivity index (χ2v) is 12.9. The average molecular weight is 479 g/mol. The zero-order valence-electron chi connectivity index (χ0n) is 20.8. The Kier molecular flexibility index (Phi) is 4.75. The van der Waals surface area contributed by atoms with Crippen LogP contribution in [0.3, 0.4) is 0 Å². The van der Waals surface area contributed by atoms with Crippen LogP contribution in [0.15, 0.2) is 0 Å². The highest BCUT2D eigenvalue weighted by Crippen LogP contribution is 2.83. The van der Waals surface area contributed by atoms with Crippen LogP contribution in [0.2, 0.25) is 0 Å². The predicted molar refractivity (Wildman–Crippen MR) is 119 cm³/mol. The van der Waals surface area contributed by atoms with Gasteiger partial charge in [0.05, 0.1) is 11.7 Å². The monoisotopic (exact) mass is 478 g/mol. The number of ether oxygens (including phenoxy) is 1. The Hall–Kier alpha value is -1.21. The van der Waals surface area contributed by atoms with E-state index < -0.39 is 35.2 Å². The van der Waals surface area contributed by atoms with E-state index in [0.717, 1.165) is 38.5 Å². The van der Waals surface area contributed by atoms with Gasteiger partial charge in [-0.3, -0.25) is 9.74 Å². The molecule has 7 fully saturated rings. The zero-order chi connectivity index (χ0) is 24.4. The second-order valence-electron chi connectivity index (χ2n) is 12.9. The first kappa shape index (κ1) is 23.2. The molecule has 0 aromatic rings. The summed E-state index contributed by atoms with van der Waals surface area (Å²) < 4.78 is 18.7. The van der Waals surface area contributed by atoms with Crippen LogP contribution in [-0.2, 0) is 19.3 Å². The summed E-state index contributed by atoms with van der Waals surface area (Å²) in [7, 11) is 0. The molecule has 1 aliphatic heterocycles. The van der Waals surface area contributed by atoms with Crippen LogP contribution in [0.5, 0.6) is 0 Å². The second kappa shape index (κ2) is 6.96. The van der Waals surface area contributed by atoms with E-state index in [1.165, 1.54) is 0 Å². The molecule has 0 aromatic heterocycles. The van der Waals surface area contributed by atoms with E-state index in [1.807, 2.05) is 13.8 Å². The maximum Gasteiger partial charge on any atom is 0.363 e. The number of carbonyl (C=O) groups is 2. The van der Waals surface area contributed by atoms with Crippen LogP contribution in [0.4, 0.5) is 4.53 Å². The van der Waals surface area contributed by atoms with E-state index in [9.17, 15) is 24.3 Å². The minimum atomic E-state index is -1.16. The molecule has 6 saturated carbocycles. The molecule has 7 heteroatoms. The molecule has 7 rings (SSSR count). The van der Waals surface area contributed by atoms with Gasteiger partial charge >= 0.3 is 11.9 Å². The van der Waals surface area contributed by atoms with Crippen molar-refractivity contribution in [1.82, 2.24) is 0 Å². The van der Waals surface area contributed by atoms with E-state index in [1.54, 1.807) is 0 Å². The van der Waals surface area contributed by atoms with Crippen molar-refractivity contribution in [2.75, 3.05) is 0 Å². The van der Waals surface area contributed by atoms with Crippen molar-refractivity contribution in [3.05, 3.63) is 0 Å². The maximum absolute atomic E-state index is 12.7. The maximum atomic E-state index is 12.7. The highest BCUT2D eigenvalue weighted by atomic mass is 19.3. The van der Waals surface area contributed by atoms with Crippen LogP contribution >= 0.6 is 0 Å². The van der Waals surface area contributed by atoms with Gasteiger partial charge in [0.1, 0.15) is 5.60 Å². The molecule has 0 radical (unpaired) electrons.